The normalized spacial score (nSPS) is 13.9. The highest BCUT2D eigenvalue weighted by atomic mass is 32.2. The Morgan fingerprint density at radius 2 is 0.886 bits per heavy atom. The highest BCUT2D eigenvalue weighted by Crippen LogP contribution is 2.52. The number of hydrogen-bond acceptors (Lipinski definition) is 4. The number of phenolic OH excluding ortho intramolecular Hbond substituents is 2. The first kappa shape index (κ1) is 30.0. The van der Waals surface area contributed by atoms with Crippen LogP contribution >= 0.6 is 23.5 Å². The van der Waals surface area contributed by atoms with E-state index in [-0.39, 0.29) is 25.7 Å². The number of benzene rings is 2. The molecule has 0 aliphatic heterocycles. The smallest absolute Gasteiger partial charge is 0.132 e. The van der Waals surface area contributed by atoms with E-state index in [0.717, 1.165) is 26.5 Å². The molecule has 4 heteroatoms. The third kappa shape index (κ3) is 7.38. The van der Waals surface area contributed by atoms with Gasteiger partial charge in [-0.15, -0.1) is 23.5 Å². The number of aromatic hydroxyl groups is 2. The van der Waals surface area contributed by atoms with Crippen molar-refractivity contribution in [1.82, 2.24) is 0 Å². The second kappa shape index (κ2) is 9.56. The highest BCUT2D eigenvalue weighted by Gasteiger charge is 2.31. The molecule has 0 saturated heterocycles. The van der Waals surface area contributed by atoms with Crippen LogP contribution in [-0.2, 0) is 21.7 Å². The molecule has 2 N–H and O–H groups in total. The largest absolute Gasteiger partial charge is 0.507 e. The van der Waals surface area contributed by atoms with E-state index in [1.54, 1.807) is 23.5 Å². The first-order valence-electron chi connectivity index (χ1n) is 12.6. The average Bonchev–Trinajstić information content (AvgIpc) is 2.60. The molecule has 196 valence electrons. The summed E-state index contributed by atoms with van der Waals surface area (Å²) in [6.07, 6.45) is 0. The Labute approximate surface area is 223 Å². The van der Waals surface area contributed by atoms with Gasteiger partial charge in [-0.3, -0.25) is 0 Å². The summed E-state index contributed by atoms with van der Waals surface area (Å²) in [4.78, 5) is 2.06. The van der Waals surface area contributed by atoms with E-state index in [0.29, 0.717) is 11.5 Å². The first-order valence-corrected chi connectivity index (χ1v) is 14.2. The fourth-order valence-electron chi connectivity index (χ4n) is 4.07. The molecule has 0 aromatic heterocycles. The molecular formula is C31H48O2S2. The van der Waals surface area contributed by atoms with Gasteiger partial charge in [0.1, 0.15) is 11.5 Å². The van der Waals surface area contributed by atoms with Gasteiger partial charge in [-0.1, -0.05) is 89.2 Å². The fraction of sp³-hybridized carbons (Fsp3) is 0.613. The summed E-state index contributed by atoms with van der Waals surface area (Å²) in [6, 6.07) is 8.62. The molecule has 0 aliphatic rings. The number of phenols is 2. The van der Waals surface area contributed by atoms with Gasteiger partial charge in [0.05, 0.1) is 8.97 Å². The predicted octanol–water partition coefficient (Wildman–Crippen LogP) is 9.91. The van der Waals surface area contributed by atoms with Crippen LogP contribution in [0.2, 0.25) is 0 Å². The Kier molecular flexibility index (Phi) is 8.18. The second-order valence-corrected chi connectivity index (χ2v) is 18.0. The van der Waals surface area contributed by atoms with Gasteiger partial charge in [-0.25, -0.2) is 0 Å². The molecule has 0 unspecified atom stereocenters. The van der Waals surface area contributed by atoms with Crippen molar-refractivity contribution in [3.63, 3.8) is 0 Å². The Balaban J connectivity index is 2.59. The van der Waals surface area contributed by atoms with Crippen LogP contribution in [0.5, 0.6) is 11.5 Å². The zero-order chi connectivity index (χ0) is 27.4. The SMILES string of the molecule is CC(C)(Sc1cc(C(C)(C)C)c(O)c(C(C)(C)C)c1)Sc1cc(C(C)(C)C)cc(C(C)(C)C)c1O. The van der Waals surface area contributed by atoms with Gasteiger partial charge in [0, 0.05) is 21.6 Å². The van der Waals surface area contributed by atoms with Gasteiger partial charge in [-0.05, 0) is 59.3 Å². The van der Waals surface area contributed by atoms with E-state index in [4.69, 9.17) is 0 Å². The average molecular weight is 517 g/mol. The van der Waals surface area contributed by atoms with Crippen molar-refractivity contribution in [2.24, 2.45) is 0 Å². The first-order chi connectivity index (χ1) is 15.4. The minimum Gasteiger partial charge on any atom is -0.507 e. The zero-order valence-corrected chi connectivity index (χ0v) is 26.2. The van der Waals surface area contributed by atoms with Gasteiger partial charge < -0.3 is 10.2 Å². The second-order valence-electron chi connectivity index (χ2n) is 14.3. The molecule has 0 amide bonds. The van der Waals surface area contributed by atoms with Gasteiger partial charge in [0.2, 0.25) is 0 Å². The van der Waals surface area contributed by atoms with Crippen LogP contribution in [0.4, 0.5) is 0 Å². The molecule has 0 atom stereocenters. The van der Waals surface area contributed by atoms with Crippen LogP contribution in [-0.4, -0.2) is 14.3 Å². The molecular weight excluding hydrogens is 468 g/mol. The van der Waals surface area contributed by atoms with Crippen LogP contribution in [0.25, 0.3) is 0 Å². The van der Waals surface area contributed by atoms with Crippen molar-refractivity contribution < 1.29 is 10.2 Å². The molecule has 35 heavy (non-hydrogen) atoms. The van der Waals surface area contributed by atoms with Crippen molar-refractivity contribution in [3.05, 3.63) is 46.5 Å². The summed E-state index contributed by atoms with van der Waals surface area (Å²) in [5.74, 6) is 0.797. The summed E-state index contributed by atoms with van der Waals surface area (Å²) in [7, 11) is 0. The van der Waals surface area contributed by atoms with Crippen LogP contribution in [0.3, 0.4) is 0 Å². The Bertz CT molecular complexity index is 1030. The van der Waals surface area contributed by atoms with Gasteiger partial charge in [0.25, 0.3) is 0 Å². The van der Waals surface area contributed by atoms with Gasteiger partial charge >= 0.3 is 0 Å². The number of hydrogen-bond donors (Lipinski definition) is 2. The maximum atomic E-state index is 11.3. The fourth-order valence-corrected chi connectivity index (χ4v) is 6.64. The summed E-state index contributed by atoms with van der Waals surface area (Å²) in [6.45, 7) is 30.4. The lowest BCUT2D eigenvalue weighted by Gasteiger charge is -2.31. The van der Waals surface area contributed by atoms with Crippen molar-refractivity contribution >= 4 is 23.5 Å². The summed E-state index contributed by atoms with van der Waals surface area (Å²) >= 11 is 3.50. The minimum atomic E-state index is -0.246. The Hall–Kier alpha value is -1.26. The van der Waals surface area contributed by atoms with E-state index < -0.39 is 0 Å². The van der Waals surface area contributed by atoms with Gasteiger partial charge in [-0.2, -0.15) is 0 Å². The van der Waals surface area contributed by atoms with Crippen LogP contribution < -0.4 is 0 Å². The monoisotopic (exact) mass is 516 g/mol. The number of rotatable bonds is 4. The molecule has 2 aromatic carbocycles. The molecule has 0 spiro atoms. The molecule has 2 nitrogen and oxygen atoms in total. The van der Waals surface area contributed by atoms with E-state index in [1.807, 2.05) is 0 Å². The van der Waals surface area contributed by atoms with E-state index in [2.05, 4.69) is 121 Å². The quantitative estimate of drug-likeness (QED) is 0.313. The molecule has 0 radical (unpaired) electrons. The van der Waals surface area contributed by atoms with E-state index >= 15 is 0 Å². The molecule has 0 saturated carbocycles. The maximum Gasteiger partial charge on any atom is 0.132 e. The molecule has 0 bridgehead atoms. The van der Waals surface area contributed by atoms with Crippen LogP contribution in [0.1, 0.15) is 119 Å². The van der Waals surface area contributed by atoms with E-state index in [1.165, 1.54) is 5.56 Å². The lowest BCUT2D eigenvalue weighted by molar-refractivity contribution is 0.422. The molecule has 2 rings (SSSR count). The maximum absolute atomic E-state index is 11.3. The summed E-state index contributed by atoms with van der Waals surface area (Å²) < 4.78 is -0.246. The lowest BCUT2D eigenvalue weighted by Crippen LogP contribution is -2.18. The zero-order valence-electron chi connectivity index (χ0n) is 24.5. The standard InChI is InChI=1S/C31H48O2S2/c1-27(2,3)19-15-21(28(4,5)6)26(33)24(16-19)35-31(13,14)34-20-17-22(29(7,8)9)25(32)23(18-20)30(10,11)12/h15-18,32-33H,1-14H3. The Morgan fingerprint density at radius 3 is 1.26 bits per heavy atom. The topological polar surface area (TPSA) is 40.5 Å². The third-order valence-electron chi connectivity index (χ3n) is 6.17. The van der Waals surface area contributed by atoms with Crippen LogP contribution in [0.15, 0.2) is 34.1 Å². The Morgan fingerprint density at radius 1 is 0.486 bits per heavy atom. The van der Waals surface area contributed by atoms with Crippen molar-refractivity contribution in [2.45, 2.75) is 132 Å². The van der Waals surface area contributed by atoms with Crippen molar-refractivity contribution in [3.8, 4) is 11.5 Å². The lowest BCUT2D eigenvalue weighted by atomic mass is 9.79. The molecule has 0 aliphatic carbocycles. The van der Waals surface area contributed by atoms with Crippen molar-refractivity contribution in [2.75, 3.05) is 0 Å². The minimum absolute atomic E-state index is 0.0134. The third-order valence-corrected chi connectivity index (χ3v) is 8.65. The molecule has 0 fully saturated rings. The van der Waals surface area contributed by atoms with Crippen molar-refractivity contribution in [1.29, 1.82) is 0 Å². The highest BCUT2D eigenvalue weighted by molar-refractivity contribution is 8.18. The predicted molar refractivity (Wildman–Crippen MR) is 157 cm³/mol. The summed E-state index contributed by atoms with van der Waals surface area (Å²) in [5.41, 5.74) is 3.67. The van der Waals surface area contributed by atoms with E-state index in [9.17, 15) is 10.2 Å². The summed E-state index contributed by atoms with van der Waals surface area (Å²) in [5, 5.41) is 22.4. The van der Waals surface area contributed by atoms with Crippen LogP contribution in [0, 0.1) is 0 Å². The molecule has 0 heterocycles. The number of thioether (sulfide) groups is 2. The van der Waals surface area contributed by atoms with Gasteiger partial charge in [0.15, 0.2) is 0 Å². The molecule has 2 aromatic rings.